The molecule has 0 bridgehead atoms. The van der Waals surface area contributed by atoms with E-state index in [4.69, 9.17) is 5.73 Å². The molecule has 19 heavy (non-hydrogen) atoms. The minimum Gasteiger partial charge on any atom is -0.398 e. The summed E-state index contributed by atoms with van der Waals surface area (Å²) < 4.78 is 1.95. The molecule has 0 unspecified atom stereocenters. The van der Waals surface area contributed by atoms with Gasteiger partial charge in [0.2, 0.25) is 0 Å². The van der Waals surface area contributed by atoms with Crippen LogP contribution in [-0.4, -0.2) is 27.8 Å². The third-order valence-electron chi connectivity index (χ3n) is 3.99. The molecule has 4 nitrogen and oxygen atoms in total. The quantitative estimate of drug-likeness (QED) is 0.849. The van der Waals surface area contributed by atoms with Gasteiger partial charge >= 0.3 is 0 Å². The molecule has 0 aliphatic carbocycles. The van der Waals surface area contributed by atoms with Crippen LogP contribution in [-0.2, 0) is 26.4 Å². The summed E-state index contributed by atoms with van der Waals surface area (Å²) in [7, 11) is 2.00. The molecule has 2 aromatic rings. The van der Waals surface area contributed by atoms with Gasteiger partial charge in [-0.05, 0) is 29.7 Å². The number of fused-ring (bicyclic) bond motifs is 1. The second kappa shape index (κ2) is 5.05. The molecule has 1 aromatic heterocycles. The maximum atomic E-state index is 6.03. The first-order valence-corrected chi connectivity index (χ1v) is 6.79. The van der Waals surface area contributed by atoms with Crippen LogP contribution in [0.1, 0.15) is 16.8 Å². The van der Waals surface area contributed by atoms with Gasteiger partial charge in [-0.3, -0.25) is 9.58 Å². The molecular weight excluding hydrogens is 236 g/mol. The second-order valence-corrected chi connectivity index (χ2v) is 5.21. The second-order valence-electron chi connectivity index (χ2n) is 5.21. The van der Waals surface area contributed by atoms with E-state index in [1.54, 1.807) is 0 Å². The Hall–Kier alpha value is -1.81. The van der Waals surface area contributed by atoms with Crippen LogP contribution in [0.2, 0.25) is 0 Å². The van der Waals surface area contributed by atoms with Gasteiger partial charge in [0.1, 0.15) is 0 Å². The summed E-state index contributed by atoms with van der Waals surface area (Å²) in [4.78, 5) is 2.49. The zero-order valence-electron chi connectivity index (χ0n) is 11.3. The third kappa shape index (κ3) is 2.49. The molecule has 0 radical (unpaired) electrons. The van der Waals surface area contributed by atoms with Crippen LogP contribution < -0.4 is 5.73 Å². The van der Waals surface area contributed by atoms with E-state index in [9.17, 15) is 0 Å². The molecular formula is C15H20N4. The average Bonchev–Trinajstić information content (AvgIpc) is 2.82. The largest absolute Gasteiger partial charge is 0.398 e. The number of aryl methyl sites for hydroxylation is 1. The Morgan fingerprint density at radius 3 is 3.00 bits per heavy atom. The van der Waals surface area contributed by atoms with Gasteiger partial charge in [-0.25, -0.2) is 0 Å². The van der Waals surface area contributed by atoms with Gasteiger partial charge in [0.25, 0.3) is 0 Å². The summed E-state index contributed by atoms with van der Waals surface area (Å²) in [6.45, 7) is 3.19. The van der Waals surface area contributed by atoms with Crippen LogP contribution in [0.3, 0.4) is 0 Å². The Balaban J connectivity index is 1.65. The van der Waals surface area contributed by atoms with Gasteiger partial charge < -0.3 is 5.73 Å². The predicted octanol–water partition coefficient (Wildman–Crippen LogP) is 1.60. The molecule has 0 fully saturated rings. The number of hydrogen-bond acceptors (Lipinski definition) is 3. The number of nitrogens with zero attached hydrogens (tertiary/aromatic N) is 3. The Morgan fingerprint density at radius 1 is 1.32 bits per heavy atom. The Morgan fingerprint density at radius 2 is 2.21 bits per heavy atom. The van der Waals surface area contributed by atoms with Gasteiger partial charge in [0.05, 0.1) is 0 Å². The minimum absolute atomic E-state index is 0.948. The highest BCUT2D eigenvalue weighted by Crippen LogP contribution is 2.24. The normalized spacial score (nSPS) is 15.4. The van der Waals surface area contributed by atoms with E-state index < -0.39 is 0 Å². The number of anilines is 1. The van der Waals surface area contributed by atoms with Crippen LogP contribution in [0, 0.1) is 0 Å². The Labute approximate surface area is 113 Å². The summed E-state index contributed by atoms with van der Waals surface area (Å²) in [6.07, 6.45) is 3.98. The summed E-state index contributed by atoms with van der Waals surface area (Å²) in [6, 6.07) is 8.35. The smallest absolute Gasteiger partial charge is 0.0492 e. The van der Waals surface area contributed by atoms with Gasteiger partial charge in [0.15, 0.2) is 0 Å². The van der Waals surface area contributed by atoms with Crippen LogP contribution in [0.25, 0.3) is 0 Å². The van der Waals surface area contributed by atoms with Gasteiger partial charge in [0, 0.05) is 50.7 Å². The standard InChI is InChI=1S/C15H20N4/c1-18-13(5-8-17-18)6-9-19-10-7-14-12(11-19)3-2-4-15(14)16/h2-5,8H,6-7,9-11,16H2,1H3. The van der Waals surface area contributed by atoms with Crippen LogP contribution in [0.5, 0.6) is 0 Å². The number of benzene rings is 1. The maximum Gasteiger partial charge on any atom is 0.0492 e. The summed E-state index contributed by atoms with van der Waals surface area (Å²) in [5, 5.41) is 4.21. The molecule has 0 amide bonds. The highest BCUT2D eigenvalue weighted by Gasteiger charge is 2.17. The monoisotopic (exact) mass is 256 g/mol. The summed E-state index contributed by atoms with van der Waals surface area (Å²) in [5.41, 5.74) is 11.0. The van der Waals surface area contributed by atoms with Crippen molar-refractivity contribution >= 4 is 5.69 Å². The van der Waals surface area contributed by atoms with E-state index in [1.165, 1.54) is 16.8 Å². The molecule has 3 rings (SSSR count). The van der Waals surface area contributed by atoms with Crippen molar-refractivity contribution < 1.29 is 0 Å². The van der Waals surface area contributed by atoms with Crippen molar-refractivity contribution in [2.75, 3.05) is 18.8 Å². The zero-order valence-corrected chi connectivity index (χ0v) is 11.3. The van der Waals surface area contributed by atoms with Crippen molar-refractivity contribution in [1.29, 1.82) is 0 Å². The fourth-order valence-electron chi connectivity index (χ4n) is 2.81. The molecule has 100 valence electrons. The lowest BCUT2D eigenvalue weighted by Gasteiger charge is -2.29. The van der Waals surface area contributed by atoms with Crippen LogP contribution in [0.4, 0.5) is 5.69 Å². The molecule has 0 saturated heterocycles. The number of nitrogen functional groups attached to an aromatic ring is 1. The van der Waals surface area contributed by atoms with E-state index in [2.05, 4.69) is 28.2 Å². The lowest BCUT2D eigenvalue weighted by Crippen LogP contribution is -2.32. The fraction of sp³-hybridized carbons (Fsp3) is 0.400. The molecule has 1 aliphatic heterocycles. The molecule has 2 N–H and O–H groups in total. The fourth-order valence-corrected chi connectivity index (χ4v) is 2.81. The van der Waals surface area contributed by atoms with E-state index in [-0.39, 0.29) is 0 Å². The Bertz CT molecular complexity index is 573. The molecule has 2 heterocycles. The number of aromatic nitrogens is 2. The number of hydrogen-bond donors (Lipinski definition) is 1. The minimum atomic E-state index is 0.948. The zero-order chi connectivity index (χ0) is 13.2. The number of rotatable bonds is 3. The van der Waals surface area contributed by atoms with E-state index in [0.717, 1.165) is 38.2 Å². The highest BCUT2D eigenvalue weighted by atomic mass is 15.3. The van der Waals surface area contributed by atoms with E-state index in [1.807, 2.05) is 24.0 Å². The first-order valence-electron chi connectivity index (χ1n) is 6.79. The average molecular weight is 256 g/mol. The van der Waals surface area contributed by atoms with Crippen molar-refractivity contribution in [3.05, 3.63) is 47.3 Å². The van der Waals surface area contributed by atoms with E-state index in [0.29, 0.717) is 0 Å². The topological polar surface area (TPSA) is 47.1 Å². The predicted molar refractivity (Wildman–Crippen MR) is 76.7 cm³/mol. The van der Waals surface area contributed by atoms with Crippen molar-refractivity contribution in [1.82, 2.24) is 14.7 Å². The molecule has 4 heteroatoms. The molecule has 0 saturated carbocycles. The van der Waals surface area contributed by atoms with E-state index >= 15 is 0 Å². The van der Waals surface area contributed by atoms with Crippen LogP contribution in [0.15, 0.2) is 30.5 Å². The first-order chi connectivity index (χ1) is 9.24. The van der Waals surface area contributed by atoms with Gasteiger partial charge in [-0.2, -0.15) is 5.10 Å². The lowest BCUT2D eigenvalue weighted by atomic mass is 9.98. The highest BCUT2D eigenvalue weighted by molar-refractivity contribution is 5.51. The molecule has 1 aliphatic rings. The molecule has 1 aromatic carbocycles. The SMILES string of the molecule is Cn1nccc1CCN1CCc2c(N)cccc2C1. The van der Waals surface area contributed by atoms with Crippen molar-refractivity contribution in [3.63, 3.8) is 0 Å². The molecule has 0 spiro atoms. The first kappa shape index (κ1) is 12.2. The lowest BCUT2D eigenvalue weighted by molar-refractivity contribution is 0.256. The van der Waals surface area contributed by atoms with Gasteiger partial charge in [-0.1, -0.05) is 12.1 Å². The van der Waals surface area contributed by atoms with Crippen molar-refractivity contribution in [3.8, 4) is 0 Å². The third-order valence-corrected chi connectivity index (χ3v) is 3.99. The molecule has 0 atom stereocenters. The Kier molecular flexibility index (Phi) is 3.25. The van der Waals surface area contributed by atoms with Crippen LogP contribution >= 0.6 is 0 Å². The van der Waals surface area contributed by atoms with Crippen molar-refractivity contribution in [2.45, 2.75) is 19.4 Å². The summed E-state index contributed by atoms with van der Waals surface area (Å²) in [5.74, 6) is 0. The number of nitrogens with two attached hydrogens (primary N) is 1. The van der Waals surface area contributed by atoms with Crippen molar-refractivity contribution in [2.24, 2.45) is 7.05 Å². The maximum absolute atomic E-state index is 6.03. The van der Waals surface area contributed by atoms with Gasteiger partial charge in [-0.15, -0.1) is 0 Å². The summed E-state index contributed by atoms with van der Waals surface area (Å²) >= 11 is 0.